The SMILES string of the molecule is C=CCC(C(=O)NCc1cc(C(F)(F)F)cc(C(F)(F)F)c1)c1ccc(OC)cc1. The number of hydrogen-bond donors (Lipinski definition) is 1. The number of nitrogens with one attached hydrogen (secondary N) is 1. The number of allylic oxidation sites excluding steroid dienone is 1. The molecule has 0 bridgehead atoms. The van der Waals surface area contributed by atoms with E-state index in [0.717, 1.165) is 0 Å². The topological polar surface area (TPSA) is 38.3 Å². The third-order valence-electron chi connectivity index (χ3n) is 4.35. The molecule has 1 unspecified atom stereocenters. The average molecular weight is 431 g/mol. The van der Waals surface area contributed by atoms with Gasteiger partial charge in [-0.2, -0.15) is 26.3 Å². The van der Waals surface area contributed by atoms with E-state index in [9.17, 15) is 31.1 Å². The standard InChI is InChI=1S/C21H19F6NO2/c1-3-4-18(14-5-7-17(30-2)8-6-14)19(29)28-12-13-9-15(20(22,23)24)11-16(10-13)21(25,26)27/h3,5-11,18H,1,4,12H2,2H3,(H,28,29). The monoisotopic (exact) mass is 431 g/mol. The van der Waals surface area contributed by atoms with E-state index in [1.807, 2.05) is 0 Å². The van der Waals surface area contributed by atoms with Gasteiger partial charge in [0.05, 0.1) is 24.2 Å². The number of carbonyl (C=O) groups is 1. The Kier molecular flexibility index (Phi) is 7.17. The lowest BCUT2D eigenvalue weighted by Gasteiger charge is -2.18. The summed E-state index contributed by atoms with van der Waals surface area (Å²) in [6, 6.07) is 7.81. The van der Waals surface area contributed by atoms with Crippen molar-refractivity contribution in [2.24, 2.45) is 0 Å². The van der Waals surface area contributed by atoms with E-state index >= 15 is 0 Å². The molecule has 9 heteroatoms. The first-order valence-corrected chi connectivity index (χ1v) is 8.76. The fourth-order valence-corrected chi connectivity index (χ4v) is 2.83. The van der Waals surface area contributed by atoms with Crippen LogP contribution in [-0.4, -0.2) is 13.0 Å². The zero-order valence-corrected chi connectivity index (χ0v) is 15.9. The van der Waals surface area contributed by atoms with Crippen molar-refractivity contribution in [3.05, 3.63) is 77.4 Å². The van der Waals surface area contributed by atoms with E-state index < -0.39 is 41.8 Å². The van der Waals surface area contributed by atoms with Crippen LogP contribution in [0.15, 0.2) is 55.1 Å². The molecule has 1 N–H and O–H groups in total. The molecule has 0 fully saturated rings. The summed E-state index contributed by atoms with van der Waals surface area (Å²) in [7, 11) is 1.48. The third-order valence-corrected chi connectivity index (χ3v) is 4.35. The molecule has 0 aromatic heterocycles. The predicted octanol–water partition coefficient (Wildman–Crippen LogP) is 5.71. The highest BCUT2D eigenvalue weighted by molar-refractivity contribution is 5.83. The molecular weight excluding hydrogens is 412 g/mol. The number of ether oxygens (including phenoxy) is 1. The molecule has 2 aromatic rings. The Labute approximate surface area is 169 Å². The second-order valence-electron chi connectivity index (χ2n) is 6.48. The molecule has 2 rings (SSSR count). The van der Waals surface area contributed by atoms with Gasteiger partial charge in [-0.3, -0.25) is 4.79 Å². The summed E-state index contributed by atoms with van der Waals surface area (Å²) in [6.07, 6.45) is -8.17. The molecule has 0 heterocycles. The summed E-state index contributed by atoms with van der Waals surface area (Å²) in [4.78, 5) is 12.6. The Bertz CT molecular complexity index is 856. The minimum absolute atomic E-state index is 0.0448. The maximum atomic E-state index is 13.0. The molecule has 0 radical (unpaired) electrons. The van der Waals surface area contributed by atoms with Crippen LogP contribution < -0.4 is 10.1 Å². The first kappa shape index (κ1) is 23.3. The third kappa shape index (κ3) is 6.01. The van der Waals surface area contributed by atoms with Crippen molar-refractivity contribution in [3.8, 4) is 5.75 Å². The fourth-order valence-electron chi connectivity index (χ4n) is 2.83. The number of carbonyl (C=O) groups excluding carboxylic acids is 1. The van der Waals surface area contributed by atoms with E-state index in [2.05, 4.69) is 11.9 Å². The number of amides is 1. The van der Waals surface area contributed by atoms with Crippen molar-refractivity contribution in [1.82, 2.24) is 5.32 Å². The lowest BCUT2D eigenvalue weighted by molar-refractivity contribution is -0.143. The van der Waals surface area contributed by atoms with Gasteiger partial charge in [-0.25, -0.2) is 0 Å². The Morgan fingerprint density at radius 3 is 2.00 bits per heavy atom. The molecule has 2 aromatic carbocycles. The maximum absolute atomic E-state index is 13.0. The van der Waals surface area contributed by atoms with Gasteiger partial charge in [0.2, 0.25) is 5.91 Å². The van der Waals surface area contributed by atoms with Gasteiger partial charge in [0, 0.05) is 6.54 Å². The van der Waals surface area contributed by atoms with Gasteiger partial charge >= 0.3 is 12.4 Å². The second-order valence-corrected chi connectivity index (χ2v) is 6.48. The molecule has 0 aliphatic heterocycles. The number of hydrogen-bond acceptors (Lipinski definition) is 2. The average Bonchev–Trinajstić information content (AvgIpc) is 2.69. The van der Waals surface area contributed by atoms with Gasteiger partial charge in [-0.1, -0.05) is 18.2 Å². The zero-order valence-electron chi connectivity index (χ0n) is 15.9. The maximum Gasteiger partial charge on any atom is 0.416 e. The van der Waals surface area contributed by atoms with Crippen LogP contribution in [0.1, 0.15) is 34.6 Å². The van der Waals surface area contributed by atoms with Crippen molar-refractivity contribution < 1.29 is 35.9 Å². The van der Waals surface area contributed by atoms with Crippen molar-refractivity contribution in [3.63, 3.8) is 0 Å². The molecule has 0 aliphatic carbocycles. The zero-order chi connectivity index (χ0) is 22.5. The summed E-state index contributed by atoms with van der Waals surface area (Å²) in [5.41, 5.74) is -2.57. The van der Waals surface area contributed by atoms with E-state index in [1.54, 1.807) is 24.3 Å². The number of methoxy groups -OCH3 is 1. The Balaban J connectivity index is 2.24. The van der Waals surface area contributed by atoms with Gasteiger partial charge in [-0.05, 0) is 47.9 Å². The van der Waals surface area contributed by atoms with Gasteiger partial charge in [0.15, 0.2) is 0 Å². The van der Waals surface area contributed by atoms with Crippen molar-refractivity contribution in [2.75, 3.05) is 7.11 Å². The lowest BCUT2D eigenvalue weighted by atomic mass is 9.94. The first-order chi connectivity index (χ1) is 14.0. The number of halogens is 6. The predicted molar refractivity (Wildman–Crippen MR) is 98.8 cm³/mol. The van der Waals surface area contributed by atoms with Crippen LogP contribution in [0.25, 0.3) is 0 Å². The fraction of sp³-hybridized carbons (Fsp3) is 0.286. The summed E-state index contributed by atoms with van der Waals surface area (Å²) in [5.74, 6) is -0.688. The molecular formula is C21H19F6NO2. The summed E-state index contributed by atoms with van der Waals surface area (Å²) in [5, 5.41) is 2.42. The van der Waals surface area contributed by atoms with E-state index in [-0.39, 0.29) is 18.1 Å². The number of rotatable bonds is 7. The minimum Gasteiger partial charge on any atom is -0.497 e. The van der Waals surface area contributed by atoms with Gasteiger partial charge in [0.25, 0.3) is 0 Å². The van der Waals surface area contributed by atoms with Crippen LogP contribution in [0, 0.1) is 0 Å². The minimum atomic E-state index is -4.95. The van der Waals surface area contributed by atoms with Crippen molar-refractivity contribution in [2.45, 2.75) is 31.2 Å². The van der Waals surface area contributed by atoms with E-state index in [4.69, 9.17) is 4.74 Å². The van der Waals surface area contributed by atoms with Gasteiger partial charge in [-0.15, -0.1) is 6.58 Å². The Hall–Kier alpha value is -2.97. The largest absolute Gasteiger partial charge is 0.497 e. The highest BCUT2D eigenvalue weighted by atomic mass is 19.4. The smallest absolute Gasteiger partial charge is 0.416 e. The van der Waals surface area contributed by atoms with Crippen molar-refractivity contribution >= 4 is 5.91 Å². The van der Waals surface area contributed by atoms with Crippen LogP contribution in [-0.2, 0) is 23.7 Å². The van der Waals surface area contributed by atoms with Crippen LogP contribution in [0.5, 0.6) is 5.75 Å². The van der Waals surface area contributed by atoms with Crippen LogP contribution in [0.2, 0.25) is 0 Å². The lowest BCUT2D eigenvalue weighted by Crippen LogP contribution is -2.29. The first-order valence-electron chi connectivity index (χ1n) is 8.76. The van der Waals surface area contributed by atoms with E-state index in [0.29, 0.717) is 23.4 Å². The van der Waals surface area contributed by atoms with Crippen LogP contribution in [0.4, 0.5) is 26.3 Å². The molecule has 162 valence electrons. The highest BCUT2D eigenvalue weighted by Crippen LogP contribution is 2.36. The molecule has 0 aliphatic rings. The summed E-state index contributed by atoms with van der Waals surface area (Å²) in [6.45, 7) is 3.09. The number of alkyl halides is 6. The Morgan fingerprint density at radius 2 is 1.57 bits per heavy atom. The number of benzene rings is 2. The molecule has 1 atom stereocenters. The second kappa shape index (κ2) is 9.23. The Morgan fingerprint density at radius 1 is 1.03 bits per heavy atom. The van der Waals surface area contributed by atoms with Crippen LogP contribution in [0.3, 0.4) is 0 Å². The molecule has 1 amide bonds. The molecule has 3 nitrogen and oxygen atoms in total. The van der Waals surface area contributed by atoms with Gasteiger partial charge in [0.1, 0.15) is 5.75 Å². The van der Waals surface area contributed by atoms with E-state index in [1.165, 1.54) is 13.2 Å². The van der Waals surface area contributed by atoms with Crippen molar-refractivity contribution in [1.29, 1.82) is 0 Å². The summed E-state index contributed by atoms with van der Waals surface area (Å²) >= 11 is 0. The summed E-state index contributed by atoms with van der Waals surface area (Å²) < 4.78 is 82.9. The molecule has 0 spiro atoms. The quantitative estimate of drug-likeness (QED) is 0.451. The highest BCUT2D eigenvalue weighted by Gasteiger charge is 2.36. The molecule has 0 saturated heterocycles. The molecule has 30 heavy (non-hydrogen) atoms. The normalized spacial score (nSPS) is 12.9. The van der Waals surface area contributed by atoms with Crippen LogP contribution >= 0.6 is 0 Å². The molecule has 0 saturated carbocycles. The van der Waals surface area contributed by atoms with Gasteiger partial charge < -0.3 is 10.1 Å².